The monoisotopic (exact) mass is 705 g/mol. The normalized spacial score (nSPS) is 12.4. The molecule has 1 aromatic heterocycles. The van der Waals surface area contributed by atoms with Crippen LogP contribution in [0.2, 0.25) is 0 Å². The third-order valence-corrected chi connectivity index (χ3v) is 10.6. The average Bonchev–Trinajstić information content (AvgIpc) is 3.63. The number of hydrogen-bond donors (Lipinski definition) is 1. The van der Waals surface area contributed by atoms with E-state index in [1.165, 1.54) is 37.9 Å². The van der Waals surface area contributed by atoms with Crippen molar-refractivity contribution in [2.24, 2.45) is 15.7 Å². The predicted octanol–water partition coefficient (Wildman–Crippen LogP) is 12.7. The van der Waals surface area contributed by atoms with Crippen LogP contribution in [-0.2, 0) is 6.54 Å². The molecule has 4 nitrogen and oxygen atoms in total. The van der Waals surface area contributed by atoms with Gasteiger partial charge in [-0.1, -0.05) is 164 Å². The fraction of sp³-hybridized carbons (Fsp3) is 0.0196. The van der Waals surface area contributed by atoms with E-state index in [2.05, 4.69) is 115 Å². The molecule has 9 aromatic carbocycles. The number of nitrogens with zero attached hydrogens (tertiary/aromatic N) is 2. The highest BCUT2D eigenvalue weighted by Crippen LogP contribution is 2.42. The molecule has 2 N–H and O–H groups in total. The van der Waals surface area contributed by atoms with E-state index in [1.54, 1.807) is 0 Å². The minimum absolute atomic E-state index is 0.423. The maximum Gasteiger partial charge on any atom is 0.157 e. The van der Waals surface area contributed by atoms with Gasteiger partial charge in [-0.25, -0.2) is 4.99 Å². The molecule has 0 spiro atoms. The van der Waals surface area contributed by atoms with Crippen LogP contribution in [0.25, 0.3) is 76.5 Å². The second kappa shape index (κ2) is 13.6. The predicted molar refractivity (Wildman–Crippen MR) is 231 cm³/mol. The van der Waals surface area contributed by atoms with Crippen molar-refractivity contribution in [3.8, 4) is 22.3 Å². The number of furan rings is 1. The molecule has 0 aliphatic heterocycles. The molecule has 55 heavy (non-hydrogen) atoms. The molecule has 0 aliphatic carbocycles. The van der Waals surface area contributed by atoms with Gasteiger partial charge in [-0.15, -0.1) is 0 Å². The summed E-state index contributed by atoms with van der Waals surface area (Å²) in [6.07, 6.45) is 0. The second-order valence-corrected chi connectivity index (χ2v) is 13.9. The van der Waals surface area contributed by atoms with Crippen LogP contribution in [0, 0.1) is 0 Å². The molecular weight excluding hydrogens is 671 g/mol. The summed E-state index contributed by atoms with van der Waals surface area (Å²) in [6, 6.07) is 65.5. The summed E-state index contributed by atoms with van der Waals surface area (Å²) in [5.41, 5.74) is 16.0. The number of benzene rings is 9. The van der Waals surface area contributed by atoms with E-state index in [4.69, 9.17) is 20.1 Å². The molecular formula is C51H35N3O. The maximum atomic E-state index is 6.66. The third-order valence-electron chi connectivity index (χ3n) is 10.6. The fourth-order valence-electron chi connectivity index (χ4n) is 7.87. The summed E-state index contributed by atoms with van der Waals surface area (Å²) < 4.78 is 6.18. The van der Waals surface area contributed by atoms with Crippen LogP contribution in [0.3, 0.4) is 0 Å². The largest absolute Gasteiger partial charge is 0.456 e. The molecule has 0 saturated carbocycles. The van der Waals surface area contributed by atoms with E-state index in [0.29, 0.717) is 18.2 Å². The number of hydrogen-bond acceptors (Lipinski definition) is 2. The summed E-state index contributed by atoms with van der Waals surface area (Å²) in [5, 5.41) is 9.56. The third kappa shape index (κ3) is 5.91. The first kappa shape index (κ1) is 32.4. The van der Waals surface area contributed by atoms with Crippen molar-refractivity contribution in [2.75, 3.05) is 0 Å². The van der Waals surface area contributed by atoms with E-state index in [-0.39, 0.29) is 0 Å². The van der Waals surface area contributed by atoms with Crippen LogP contribution >= 0.6 is 0 Å². The Labute approximate surface area is 318 Å². The van der Waals surface area contributed by atoms with Crippen LogP contribution in [0.4, 0.5) is 0 Å². The number of rotatable bonds is 6. The van der Waals surface area contributed by atoms with Crippen LogP contribution in [0.5, 0.6) is 0 Å². The molecule has 260 valence electrons. The van der Waals surface area contributed by atoms with Crippen molar-refractivity contribution in [1.82, 2.24) is 0 Å². The van der Waals surface area contributed by atoms with E-state index >= 15 is 0 Å². The number of fused-ring (bicyclic) bond motifs is 9. The molecule has 0 fully saturated rings. The fourth-order valence-corrected chi connectivity index (χ4v) is 7.87. The maximum absolute atomic E-state index is 6.66. The van der Waals surface area contributed by atoms with Gasteiger partial charge < -0.3 is 10.2 Å². The van der Waals surface area contributed by atoms with Gasteiger partial charge in [-0.2, -0.15) is 0 Å². The van der Waals surface area contributed by atoms with Gasteiger partial charge >= 0.3 is 0 Å². The Balaban J connectivity index is 1.07. The Morgan fingerprint density at radius 1 is 0.436 bits per heavy atom. The van der Waals surface area contributed by atoms with Crippen LogP contribution in [-0.4, -0.2) is 11.7 Å². The summed E-state index contributed by atoms with van der Waals surface area (Å²) in [4.78, 5) is 10.0. The Hall–Kier alpha value is -7.30. The van der Waals surface area contributed by atoms with Gasteiger partial charge in [0, 0.05) is 21.9 Å². The van der Waals surface area contributed by atoms with Gasteiger partial charge in [-0.3, -0.25) is 4.99 Å². The van der Waals surface area contributed by atoms with Crippen molar-refractivity contribution < 1.29 is 4.42 Å². The van der Waals surface area contributed by atoms with Gasteiger partial charge in [0.1, 0.15) is 17.0 Å². The summed E-state index contributed by atoms with van der Waals surface area (Å²) >= 11 is 0. The van der Waals surface area contributed by atoms with Gasteiger partial charge in [0.25, 0.3) is 0 Å². The highest BCUT2D eigenvalue weighted by molar-refractivity contribution is 6.28. The van der Waals surface area contributed by atoms with E-state index in [9.17, 15) is 0 Å². The quantitative estimate of drug-likeness (QED) is 0.106. The highest BCUT2D eigenvalue weighted by Gasteiger charge is 2.15. The molecule has 1 heterocycles. The average molecular weight is 706 g/mol. The molecule has 0 atom stereocenters. The van der Waals surface area contributed by atoms with E-state index < -0.39 is 0 Å². The Kier molecular flexibility index (Phi) is 8.00. The Bertz CT molecular complexity index is 3110. The summed E-state index contributed by atoms with van der Waals surface area (Å²) in [5.74, 6) is 1.02. The number of amidine groups is 2. The SMILES string of the molecule is NC(=NC(=NCc1ccc2c(c1)c1ccccc1c1cccc(-c3ccc4oc5ccccc5c4c3)c12)c1ccccc1)c1ccc(-c2ccccc2)cc1. The summed E-state index contributed by atoms with van der Waals surface area (Å²) in [7, 11) is 0. The standard InChI is InChI=1S/C51H35N3O/c52-50(36-25-23-35(24-26-36)34-12-3-1-4-13-34)54-51(37-14-5-2-6-15-37)53-32-33-22-28-44-45(30-33)41-17-8-7-16-40(41)43-20-11-19-39(49(43)44)38-27-29-48-46(31-38)42-18-9-10-21-47(42)55-48/h1-31H,32H2,(H2,52,53,54). The van der Waals surface area contributed by atoms with Gasteiger partial charge in [-0.05, 0) is 84.4 Å². The molecule has 0 bridgehead atoms. The molecule has 4 heteroatoms. The van der Waals surface area contributed by atoms with Crippen molar-refractivity contribution in [1.29, 1.82) is 0 Å². The zero-order valence-corrected chi connectivity index (χ0v) is 30.0. The minimum atomic E-state index is 0.423. The molecule has 0 radical (unpaired) electrons. The second-order valence-electron chi connectivity index (χ2n) is 13.9. The lowest BCUT2D eigenvalue weighted by Crippen LogP contribution is -2.16. The zero-order valence-electron chi connectivity index (χ0n) is 30.0. The molecule has 10 aromatic rings. The van der Waals surface area contributed by atoms with Crippen molar-refractivity contribution in [2.45, 2.75) is 6.54 Å². The van der Waals surface area contributed by atoms with E-state index in [0.717, 1.165) is 55.3 Å². The van der Waals surface area contributed by atoms with Crippen LogP contribution in [0.15, 0.2) is 202 Å². The number of nitrogens with two attached hydrogens (primary N) is 1. The van der Waals surface area contributed by atoms with Crippen LogP contribution < -0.4 is 5.73 Å². The van der Waals surface area contributed by atoms with Crippen molar-refractivity contribution in [3.63, 3.8) is 0 Å². The van der Waals surface area contributed by atoms with Gasteiger partial charge in [0.05, 0.1) is 6.54 Å². The lowest BCUT2D eigenvalue weighted by atomic mass is 9.88. The first-order chi connectivity index (χ1) is 27.2. The molecule has 0 aliphatic rings. The number of para-hydroxylation sites is 1. The van der Waals surface area contributed by atoms with Gasteiger partial charge in [0.2, 0.25) is 0 Å². The zero-order chi connectivity index (χ0) is 36.7. The molecule has 0 saturated heterocycles. The Morgan fingerprint density at radius 3 is 1.85 bits per heavy atom. The van der Waals surface area contributed by atoms with E-state index in [1.807, 2.05) is 72.8 Å². The van der Waals surface area contributed by atoms with Crippen molar-refractivity contribution >= 4 is 65.9 Å². The molecule has 0 unspecified atom stereocenters. The Morgan fingerprint density at radius 2 is 1.05 bits per heavy atom. The first-order valence-corrected chi connectivity index (χ1v) is 18.6. The lowest BCUT2D eigenvalue weighted by molar-refractivity contribution is 0.669. The minimum Gasteiger partial charge on any atom is -0.456 e. The topological polar surface area (TPSA) is 63.9 Å². The first-order valence-electron chi connectivity index (χ1n) is 18.6. The summed E-state index contributed by atoms with van der Waals surface area (Å²) in [6.45, 7) is 0.447. The molecule has 10 rings (SSSR count). The smallest absolute Gasteiger partial charge is 0.157 e. The van der Waals surface area contributed by atoms with Crippen LogP contribution in [0.1, 0.15) is 16.7 Å². The molecule has 0 amide bonds. The lowest BCUT2D eigenvalue weighted by Gasteiger charge is -2.15. The number of aliphatic imine (C=N–C) groups is 2. The van der Waals surface area contributed by atoms with Gasteiger partial charge in [0.15, 0.2) is 5.84 Å². The highest BCUT2D eigenvalue weighted by atomic mass is 16.3. The van der Waals surface area contributed by atoms with Crippen molar-refractivity contribution in [3.05, 3.63) is 205 Å².